The smallest absolute Gasteiger partial charge is 0.294 e. The Hall–Kier alpha value is -8.30. The van der Waals surface area contributed by atoms with Crippen molar-refractivity contribution in [2.24, 2.45) is 41.9 Å². The van der Waals surface area contributed by atoms with Gasteiger partial charge in [-0.2, -0.15) is 27.1 Å². The van der Waals surface area contributed by atoms with Crippen molar-refractivity contribution in [3.63, 3.8) is 0 Å². The molecule has 0 bridgehead atoms. The molecule has 0 fully saturated rings. The summed E-state index contributed by atoms with van der Waals surface area (Å²) in [6, 6.07) is 43.7. The summed E-state index contributed by atoms with van der Waals surface area (Å²) in [5.41, 5.74) is 19.8. The number of hydrogen-bond acceptors (Lipinski definition) is 12. The van der Waals surface area contributed by atoms with Crippen LogP contribution in [0.1, 0.15) is 22.3 Å². The van der Waals surface area contributed by atoms with Crippen LogP contribution >= 0.6 is 0 Å². The van der Waals surface area contributed by atoms with E-state index in [0.717, 1.165) is 81.4 Å². The van der Waals surface area contributed by atoms with Gasteiger partial charge in [-0.1, -0.05) is 84.9 Å². The summed E-state index contributed by atoms with van der Waals surface area (Å²) in [6.45, 7) is 8.09. The quantitative estimate of drug-likeness (QED) is 0.0275. The summed E-state index contributed by atoms with van der Waals surface area (Å²) >= 11 is 0. The zero-order valence-corrected chi connectivity index (χ0v) is 38.7. The molecule has 7 aromatic rings. The fourth-order valence-electron chi connectivity index (χ4n) is 5.75. The Balaban J connectivity index is 0.000000205. The van der Waals surface area contributed by atoms with Gasteiger partial charge in [0.25, 0.3) is 20.2 Å². The molecule has 20 heteroatoms. The number of hydrogen-bond donors (Lipinski definition) is 8. The largest absolute Gasteiger partial charge is 0.505 e. The second-order valence-corrected chi connectivity index (χ2v) is 17.5. The SMILES string of the molecule is Cc1ccccc1N=C(N)Nc1ccccc1C.Cc1ccccc1N=C(N)Nc1ccccc1C.O=S(=O)(O)c1cccc(N=Nc2cc(N=Nc3cccc(S(=O)(=O)O)c3)c(O)cc2O)c1. The number of guanidine groups is 2. The van der Waals surface area contributed by atoms with E-state index in [9.17, 15) is 27.0 Å². The number of benzene rings is 7. The number of phenols is 2. The van der Waals surface area contributed by atoms with Crippen molar-refractivity contribution in [3.8, 4) is 11.5 Å². The molecule has 0 saturated carbocycles. The lowest BCUT2D eigenvalue weighted by Gasteiger charge is -2.08. The van der Waals surface area contributed by atoms with E-state index >= 15 is 0 Å². The zero-order valence-electron chi connectivity index (χ0n) is 37.1. The van der Waals surface area contributed by atoms with Crippen molar-refractivity contribution >= 4 is 77.7 Å². The fourth-order valence-corrected chi connectivity index (χ4v) is 6.79. The third-order valence-corrected chi connectivity index (χ3v) is 11.1. The van der Waals surface area contributed by atoms with E-state index in [1.165, 1.54) is 24.3 Å². The number of aromatic hydroxyl groups is 2. The minimum absolute atomic E-state index is 0.0535. The van der Waals surface area contributed by atoms with E-state index in [1.54, 1.807) is 0 Å². The molecule has 0 saturated heterocycles. The molecule has 18 nitrogen and oxygen atoms in total. The highest BCUT2D eigenvalue weighted by Gasteiger charge is 2.13. The molecule has 0 spiro atoms. The number of nitrogens with two attached hydrogens (primary N) is 2. The molecule has 0 radical (unpaired) electrons. The number of phenolic OH excluding ortho intramolecular Hbond substituents is 2. The number of azo groups is 2. The third kappa shape index (κ3) is 15.4. The average Bonchev–Trinajstić information content (AvgIpc) is 3.29. The Morgan fingerprint density at radius 2 is 0.779 bits per heavy atom. The van der Waals surface area contributed by atoms with Crippen LogP contribution in [0.2, 0.25) is 0 Å². The predicted molar refractivity (Wildman–Crippen MR) is 265 cm³/mol. The maximum absolute atomic E-state index is 11.2. The lowest BCUT2D eigenvalue weighted by atomic mass is 10.2. The van der Waals surface area contributed by atoms with Crippen molar-refractivity contribution in [1.29, 1.82) is 0 Å². The molecule has 0 heterocycles. The summed E-state index contributed by atoms with van der Waals surface area (Å²) in [7, 11) is -8.88. The van der Waals surface area contributed by atoms with Gasteiger partial charge in [0.2, 0.25) is 0 Å². The second-order valence-electron chi connectivity index (χ2n) is 14.6. The molecule has 0 aliphatic heterocycles. The maximum atomic E-state index is 11.2. The molecular formula is C48H48N10O8S2. The average molecular weight is 957 g/mol. The molecule has 68 heavy (non-hydrogen) atoms. The van der Waals surface area contributed by atoms with Crippen molar-refractivity contribution in [3.05, 3.63) is 180 Å². The summed E-state index contributed by atoms with van der Waals surface area (Å²) in [5.74, 6) is -0.133. The minimum Gasteiger partial charge on any atom is -0.505 e. The van der Waals surface area contributed by atoms with E-state index in [2.05, 4.69) is 41.1 Å². The predicted octanol–water partition coefficient (Wildman–Crippen LogP) is 11.1. The Labute approximate surface area is 393 Å². The first kappa shape index (κ1) is 50.7. The molecule has 350 valence electrons. The molecule has 0 unspecified atom stereocenters. The monoisotopic (exact) mass is 956 g/mol. The van der Waals surface area contributed by atoms with E-state index in [-0.39, 0.29) is 22.7 Å². The van der Waals surface area contributed by atoms with Crippen molar-refractivity contribution in [1.82, 2.24) is 0 Å². The van der Waals surface area contributed by atoms with Gasteiger partial charge in [0.15, 0.2) is 11.9 Å². The molecule has 7 aromatic carbocycles. The first-order chi connectivity index (χ1) is 32.3. The fraction of sp³-hybridized carbons (Fsp3) is 0.0833. The third-order valence-electron chi connectivity index (χ3n) is 9.38. The van der Waals surface area contributed by atoms with Crippen LogP contribution in [-0.4, -0.2) is 48.1 Å². The van der Waals surface area contributed by atoms with Crippen LogP contribution in [-0.2, 0) is 20.2 Å². The van der Waals surface area contributed by atoms with Crippen LogP contribution in [0.4, 0.5) is 45.5 Å². The van der Waals surface area contributed by atoms with Crippen LogP contribution in [0.15, 0.2) is 198 Å². The van der Waals surface area contributed by atoms with E-state index in [1.807, 2.05) is 125 Å². The molecule has 7 rings (SSSR count). The number of rotatable bonds is 10. The Morgan fingerprint density at radius 3 is 1.13 bits per heavy atom. The van der Waals surface area contributed by atoms with Gasteiger partial charge < -0.3 is 32.3 Å². The molecule has 0 aliphatic carbocycles. The molecule has 0 atom stereocenters. The number of aryl methyl sites for hydroxylation is 4. The number of anilines is 2. The second kappa shape index (κ2) is 23.2. The number of nitrogens with zero attached hydrogens (tertiary/aromatic N) is 6. The van der Waals surface area contributed by atoms with E-state index in [0.29, 0.717) is 11.9 Å². The van der Waals surface area contributed by atoms with Crippen molar-refractivity contribution in [2.45, 2.75) is 37.5 Å². The highest BCUT2D eigenvalue weighted by Crippen LogP contribution is 2.40. The van der Waals surface area contributed by atoms with Gasteiger partial charge in [-0.3, -0.25) is 9.11 Å². The van der Waals surface area contributed by atoms with Gasteiger partial charge >= 0.3 is 0 Å². The topological polar surface area (TPSA) is 299 Å². The molecule has 10 N–H and O–H groups in total. The first-order valence-corrected chi connectivity index (χ1v) is 23.1. The van der Waals surface area contributed by atoms with Gasteiger partial charge in [0.1, 0.15) is 22.9 Å². The highest BCUT2D eigenvalue weighted by atomic mass is 32.2. The molecule has 0 amide bonds. The van der Waals surface area contributed by atoms with E-state index < -0.39 is 41.5 Å². The van der Waals surface area contributed by atoms with Gasteiger partial charge in [0, 0.05) is 23.5 Å². The van der Waals surface area contributed by atoms with Crippen molar-refractivity contribution in [2.75, 3.05) is 10.6 Å². The Kier molecular flexibility index (Phi) is 17.3. The van der Waals surface area contributed by atoms with E-state index in [4.69, 9.17) is 20.6 Å². The highest BCUT2D eigenvalue weighted by molar-refractivity contribution is 7.86. The van der Waals surface area contributed by atoms with Gasteiger partial charge in [-0.05, 0) is 111 Å². The first-order valence-electron chi connectivity index (χ1n) is 20.3. The van der Waals surface area contributed by atoms with Gasteiger partial charge in [0.05, 0.1) is 32.5 Å². The molecule has 0 aliphatic rings. The van der Waals surface area contributed by atoms with Crippen LogP contribution in [0.5, 0.6) is 11.5 Å². The number of nitrogens with one attached hydrogen (secondary N) is 2. The lowest BCUT2D eigenvalue weighted by Crippen LogP contribution is -2.22. The van der Waals surface area contributed by atoms with Crippen LogP contribution < -0.4 is 22.1 Å². The zero-order chi connectivity index (χ0) is 49.4. The molecule has 0 aromatic heterocycles. The summed E-state index contributed by atoms with van der Waals surface area (Å²) < 4.78 is 63.0. The number of aliphatic imine (C=N–C) groups is 2. The normalized spacial score (nSPS) is 11.9. The summed E-state index contributed by atoms with van der Waals surface area (Å²) in [4.78, 5) is 7.96. The standard InChI is InChI=1S/C18H14N4O8S2.2C15H17N3/c23-17-10-18(24)16(22-20-12-4-2-6-14(8-12)32(28,29)30)9-15(17)21-19-11-3-1-5-13(7-11)31(25,26)27;2*1-11-7-3-5-9-13(11)17-15(16)18-14-10-6-4-8-12(14)2/h1-10,23-24H,(H,25,26,27)(H,28,29,30);2*3-10H,1-2H3,(H3,16,17,18). The maximum Gasteiger partial charge on any atom is 0.294 e. The molecular weight excluding hydrogens is 909 g/mol. The lowest BCUT2D eigenvalue weighted by molar-refractivity contribution is 0.452. The van der Waals surface area contributed by atoms with Crippen LogP contribution in [0.3, 0.4) is 0 Å². The van der Waals surface area contributed by atoms with Crippen LogP contribution in [0, 0.1) is 27.7 Å². The van der Waals surface area contributed by atoms with Gasteiger partial charge in [-0.25, -0.2) is 9.98 Å². The minimum atomic E-state index is -4.44. The Bertz CT molecular complexity index is 3040. The Morgan fingerprint density at radius 1 is 0.426 bits per heavy atom. The number of para-hydroxylation sites is 4. The summed E-state index contributed by atoms with van der Waals surface area (Å²) in [6.07, 6.45) is 0. The van der Waals surface area contributed by atoms with Crippen LogP contribution in [0.25, 0.3) is 0 Å². The van der Waals surface area contributed by atoms with Crippen molar-refractivity contribution < 1.29 is 36.2 Å². The summed E-state index contributed by atoms with van der Waals surface area (Å²) in [5, 5.41) is 41.3. The van der Waals surface area contributed by atoms with Gasteiger partial charge in [-0.15, -0.1) is 10.2 Å².